The van der Waals surface area contributed by atoms with Crippen molar-refractivity contribution in [1.29, 1.82) is 0 Å². The molecule has 0 aliphatic rings. The summed E-state index contributed by atoms with van der Waals surface area (Å²) in [7, 11) is 0. The van der Waals surface area contributed by atoms with Gasteiger partial charge in [0.15, 0.2) is 0 Å². The third-order valence-corrected chi connectivity index (χ3v) is 1.59. The molecule has 0 radical (unpaired) electrons. The van der Waals surface area contributed by atoms with Crippen LogP contribution in [-0.2, 0) is 0 Å². The molecule has 0 bridgehead atoms. The van der Waals surface area contributed by atoms with Crippen molar-refractivity contribution in [3.63, 3.8) is 0 Å². The van der Waals surface area contributed by atoms with E-state index < -0.39 is 6.18 Å². The molecule has 1 nitrogen and oxygen atoms in total. The van der Waals surface area contributed by atoms with Gasteiger partial charge in [-0.25, -0.2) is 0 Å². The maximum Gasteiger partial charge on any atom is 0.458 e. The molecule has 0 aromatic heterocycles. The van der Waals surface area contributed by atoms with E-state index in [1.807, 2.05) is 5.92 Å². The average molecular weight is 220 g/mol. The summed E-state index contributed by atoms with van der Waals surface area (Å²) in [5, 5.41) is 0.361. The molecule has 0 amide bonds. The lowest BCUT2D eigenvalue weighted by Crippen LogP contribution is -2.02. The first-order valence-corrected chi connectivity index (χ1v) is 3.91. The fraction of sp³-hybridized carbons (Fsp3) is 0.111. The third-order valence-electron chi connectivity index (χ3n) is 1.35. The number of hydrogen-bond acceptors (Lipinski definition) is 1. The number of alkyl halides is 3. The molecule has 0 spiro atoms. The van der Waals surface area contributed by atoms with Crippen LogP contribution in [0.25, 0.3) is 0 Å². The zero-order valence-corrected chi connectivity index (χ0v) is 7.58. The summed E-state index contributed by atoms with van der Waals surface area (Å²) in [4.78, 5) is 0. The molecule has 1 aromatic rings. The Balaban J connectivity index is 3.02. The molecule has 0 saturated heterocycles. The molecule has 1 aromatic carbocycles. The number of hydrogen-bond donors (Lipinski definition) is 1. The second-order valence-corrected chi connectivity index (χ2v) is 2.92. The van der Waals surface area contributed by atoms with Crippen LogP contribution in [0, 0.1) is 11.8 Å². The first-order valence-electron chi connectivity index (χ1n) is 3.53. The van der Waals surface area contributed by atoms with Crippen LogP contribution >= 0.6 is 11.6 Å². The van der Waals surface area contributed by atoms with E-state index in [0.29, 0.717) is 5.02 Å². The Bertz CT molecular complexity index is 401. The molecular formula is C9H5ClF3N. The van der Waals surface area contributed by atoms with Crippen LogP contribution in [0.2, 0.25) is 5.02 Å². The molecular weight excluding hydrogens is 215 g/mol. The van der Waals surface area contributed by atoms with Crippen LogP contribution in [0.5, 0.6) is 0 Å². The molecule has 0 aliphatic heterocycles. The second kappa shape index (κ2) is 3.81. The van der Waals surface area contributed by atoms with Crippen LogP contribution in [0.1, 0.15) is 5.56 Å². The van der Waals surface area contributed by atoms with Gasteiger partial charge in [0, 0.05) is 22.2 Å². The van der Waals surface area contributed by atoms with Crippen molar-refractivity contribution in [3.8, 4) is 11.8 Å². The van der Waals surface area contributed by atoms with Gasteiger partial charge in [-0.15, -0.1) is 0 Å². The van der Waals surface area contributed by atoms with Gasteiger partial charge in [0.2, 0.25) is 0 Å². The third kappa shape index (κ3) is 3.19. The number of nitrogens with two attached hydrogens (primary N) is 1. The summed E-state index contributed by atoms with van der Waals surface area (Å²) in [6.07, 6.45) is -4.51. The fourth-order valence-corrected chi connectivity index (χ4v) is 0.966. The number of anilines is 1. The summed E-state index contributed by atoms with van der Waals surface area (Å²) in [6.45, 7) is 0. The topological polar surface area (TPSA) is 26.0 Å². The molecule has 0 unspecified atom stereocenters. The first-order chi connectivity index (χ1) is 6.38. The summed E-state index contributed by atoms with van der Waals surface area (Å²) >= 11 is 5.56. The molecule has 0 heterocycles. The maximum atomic E-state index is 11.7. The fourth-order valence-electron chi connectivity index (χ4n) is 0.786. The predicted molar refractivity (Wildman–Crippen MR) is 48.8 cm³/mol. The highest BCUT2D eigenvalue weighted by Crippen LogP contribution is 2.18. The van der Waals surface area contributed by atoms with Crippen LogP contribution in [0.4, 0.5) is 18.9 Å². The highest BCUT2D eigenvalue weighted by atomic mass is 35.5. The first kappa shape index (κ1) is 10.7. The summed E-state index contributed by atoms with van der Waals surface area (Å²) in [5.41, 5.74) is 5.65. The van der Waals surface area contributed by atoms with Crippen molar-refractivity contribution < 1.29 is 13.2 Å². The average Bonchev–Trinajstić information content (AvgIpc) is 2.00. The molecule has 0 fully saturated rings. The van der Waals surface area contributed by atoms with E-state index in [4.69, 9.17) is 17.3 Å². The summed E-state index contributed by atoms with van der Waals surface area (Å²) in [6, 6.07) is 4.12. The lowest BCUT2D eigenvalue weighted by Gasteiger charge is -1.98. The van der Waals surface area contributed by atoms with Crippen LogP contribution in [0.15, 0.2) is 18.2 Å². The molecule has 0 aliphatic carbocycles. The van der Waals surface area contributed by atoms with Gasteiger partial charge in [0.1, 0.15) is 0 Å². The van der Waals surface area contributed by atoms with Gasteiger partial charge >= 0.3 is 6.18 Å². The van der Waals surface area contributed by atoms with Gasteiger partial charge in [-0.3, -0.25) is 0 Å². The van der Waals surface area contributed by atoms with Crippen molar-refractivity contribution in [2.24, 2.45) is 0 Å². The van der Waals surface area contributed by atoms with Crippen LogP contribution < -0.4 is 5.73 Å². The van der Waals surface area contributed by atoms with E-state index in [0.717, 1.165) is 5.92 Å². The van der Waals surface area contributed by atoms with E-state index in [9.17, 15) is 13.2 Å². The van der Waals surface area contributed by atoms with Crippen LogP contribution in [-0.4, -0.2) is 6.18 Å². The van der Waals surface area contributed by atoms with Crippen molar-refractivity contribution in [2.75, 3.05) is 5.73 Å². The lowest BCUT2D eigenvalue weighted by atomic mass is 10.2. The Kier molecular flexibility index (Phi) is 2.92. The SMILES string of the molecule is Nc1cc(Cl)ccc1C#CC(F)(F)F. The van der Waals surface area contributed by atoms with Crippen molar-refractivity contribution in [1.82, 2.24) is 0 Å². The predicted octanol–water partition coefficient (Wildman–Crippen LogP) is 2.84. The van der Waals surface area contributed by atoms with Gasteiger partial charge in [-0.05, 0) is 18.2 Å². The summed E-state index contributed by atoms with van der Waals surface area (Å²) < 4.78 is 35.1. The van der Waals surface area contributed by atoms with E-state index in [1.165, 1.54) is 18.2 Å². The quantitative estimate of drug-likeness (QED) is 0.527. The van der Waals surface area contributed by atoms with Crippen molar-refractivity contribution in [2.45, 2.75) is 6.18 Å². The number of halogens is 4. The number of nitrogen functional groups attached to an aromatic ring is 1. The molecule has 14 heavy (non-hydrogen) atoms. The highest BCUT2D eigenvalue weighted by molar-refractivity contribution is 6.30. The molecule has 0 atom stereocenters. The van der Waals surface area contributed by atoms with Gasteiger partial charge in [-0.2, -0.15) is 13.2 Å². The Labute approximate surface area is 83.7 Å². The van der Waals surface area contributed by atoms with Gasteiger partial charge in [0.05, 0.1) is 0 Å². The lowest BCUT2D eigenvalue weighted by molar-refractivity contribution is -0.0696. The Hall–Kier alpha value is -1.34. The zero-order chi connectivity index (χ0) is 10.8. The molecule has 5 heteroatoms. The van der Waals surface area contributed by atoms with Gasteiger partial charge < -0.3 is 5.73 Å². The minimum Gasteiger partial charge on any atom is -0.398 e. The normalized spacial score (nSPS) is 10.6. The largest absolute Gasteiger partial charge is 0.458 e. The Morgan fingerprint density at radius 2 is 1.93 bits per heavy atom. The number of rotatable bonds is 0. The standard InChI is InChI=1S/C9H5ClF3N/c10-7-2-1-6(8(14)5-7)3-4-9(11,12)13/h1-2,5H,14H2. The molecule has 74 valence electrons. The zero-order valence-electron chi connectivity index (χ0n) is 6.82. The number of benzene rings is 1. The highest BCUT2D eigenvalue weighted by Gasteiger charge is 2.22. The van der Waals surface area contributed by atoms with E-state index in [-0.39, 0.29) is 11.3 Å². The second-order valence-electron chi connectivity index (χ2n) is 2.48. The smallest absolute Gasteiger partial charge is 0.398 e. The maximum absolute atomic E-state index is 11.7. The van der Waals surface area contributed by atoms with E-state index in [2.05, 4.69) is 0 Å². The van der Waals surface area contributed by atoms with E-state index in [1.54, 1.807) is 0 Å². The Morgan fingerprint density at radius 3 is 2.43 bits per heavy atom. The minimum atomic E-state index is -4.51. The van der Waals surface area contributed by atoms with Crippen molar-refractivity contribution >= 4 is 17.3 Å². The summed E-state index contributed by atoms with van der Waals surface area (Å²) in [5.74, 6) is 3.05. The molecule has 2 N–H and O–H groups in total. The monoisotopic (exact) mass is 219 g/mol. The van der Waals surface area contributed by atoms with Gasteiger partial charge in [0.25, 0.3) is 0 Å². The minimum absolute atomic E-state index is 0.117. The molecule has 0 saturated carbocycles. The van der Waals surface area contributed by atoms with E-state index >= 15 is 0 Å². The molecule has 1 rings (SSSR count). The van der Waals surface area contributed by atoms with Crippen molar-refractivity contribution in [3.05, 3.63) is 28.8 Å². The van der Waals surface area contributed by atoms with Crippen LogP contribution in [0.3, 0.4) is 0 Å². The van der Waals surface area contributed by atoms with Gasteiger partial charge in [-0.1, -0.05) is 17.5 Å². The Morgan fingerprint density at radius 1 is 1.29 bits per heavy atom.